The number of nitrogens with one attached hydrogen (secondary N) is 1. The summed E-state index contributed by atoms with van der Waals surface area (Å²) in [4.78, 5) is 23.9. The summed E-state index contributed by atoms with van der Waals surface area (Å²) < 4.78 is 3.23. The third kappa shape index (κ3) is 2.36. The molecule has 1 N–H and O–H groups in total. The van der Waals surface area contributed by atoms with E-state index >= 15 is 0 Å². The first-order chi connectivity index (χ1) is 10.7. The van der Waals surface area contributed by atoms with Crippen LogP contribution in [-0.4, -0.2) is 51.5 Å². The highest BCUT2D eigenvalue weighted by Crippen LogP contribution is 2.20. The maximum atomic E-state index is 12.6. The Bertz CT molecular complexity index is 822. The predicted molar refractivity (Wildman–Crippen MR) is 88.5 cm³/mol. The topological polar surface area (TPSA) is 68.0 Å². The lowest BCUT2D eigenvalue weighted by molar-refractivity contribution is 0.579. The van der Waals surface area contributed by atoms with Gasteiger partial charge in [0.1, 0.15) is 0 Å². The monoisotopic (exact) mass is 318 g/mol. The second-order valence-corrected chi connectivity index (χ2v) is 5.75. The number of fused-ring (bicyclic) bond motifs is 1. The average molecular weight is 318 g/mol. The Balaban J connectivity index is 2.28. The van der Waals surface area contributed by atoms with E-state index < -0.39 is 0 Å². The molecule has 0 aromatic carbocycles. The van der Waals surface area contributed by atoms with E-state index in [1.807, 2.05) is 6.26 Å². The molecule has 1 saturated heterocycles. The lowest BCUT2D eigenvalue weighted by Gasteiger charge is -2.27. The van der Waals surface area contributed by atoms with Crippen molar-refractivity contribution in [2.24, 2.45) is 7.05 Å². The van der Waals surface area contributed by atoms with Gasteiger partial charge in [-0.05, 0) is 13.2 Å². The fourth-order valence-corrected chi connectivity index (χ4v) is 3.09. The second kappa shape index (κ2) is 6.02. The van der Waals surface area contributed by atoms with E-state index in [4.69, 9.17) is 0 Å². The summed E-state index contributed by atoms with van der Waals surface area (Å²) in [5.41, 5.74) is 0.790. The van der Waals surface area contributed by atoms with E-state index in [1.165, 1.54) is 11.8 Å². The Morgan fingerprint density at radius 2 is 2.00 bits per heavy atom. The van der Waals surface area contributed by atoms with Crippen LogP contribution in [0.4, 0.5) is 5.95 Å². The number of nitrogens with zero attached hydrogens (tertiary/aromatic N) is 5. The molecule has 0 aliphatic carbocycles. The molecule has 0 bridgehead atoms. The maximum absolute atomic E-state index is 12.6. The van der Waals surface area contributed by atoms with Crippen LogP contribution < -0.4 is 15.8 Å². The zero-order valence-electron chi connectivity index (χ0n) is 12.9. The first kappa shape index (κ1) is 14.9. The van der Waals surface area contributed by atoms with Crippen molar-refractivity contribution in [3.63, 3.8) is 0 Å². The van der Waals surface area contributed by atoms with Crippen LogP contribution in [0.25, 0.3) is 11.2 Å². The number of rotatable bonds is 2. The molecule has 7 nitrogen and oxygen atoms in total. The fourth-order valence-electron chi connectivity index (χ4n) is 2.56. The van der Waals surface area contributed by atoms with Crippen molar-refractivity contribution in [1.29, 1.82) is 0 Å². The SMILES string of the molecule is CC#Cn1c(N2CCNCC2)nc2nc(SC)n(C)c(=O)c21. The van der Waals surface area contributed by atoms with Gasteiger partial charge in [0.25, 0.3) is 5.56 Å². The van der Waals surface area contributed by atoms with Gasteiger partial charge in [0.15, 0.2) is 16.3 Å². The number of aromatic nitrogens is 4. The number of hydrogen-bond acceptors (Lipinski definition) is 6. The molecule has 0 saturated carbocycles. The van der Waals surface area contributed by atoms with Gasteiger partial charge in [-0.1, -0.05) is 17.7 Å². The summed E-state index contributed by atoms with van der Waals surface area (Å²) in [6.45, 7) is 5.21. The van der Waals surface area contributed by atoms with Gasteiger partial charge in [-0.3, -0.25) is 9.36 Å². The first-order valence-corrected chi connectivity index (χ1v) is 8.31. The van der Waals surface area contributed by atoms with Crippen LogP contribution in [0.5, 0.6) is 0 Å². The average Bonchev–Trinajstić information content (AvgIpc) is 2.91. The summed E-state index contributed by atoms with van der Waals surface area (Å²) in [5, 5.41) is 3.96. The van der Waals surface area contributed by atoms with Crippen molar-refractivity contribution < 1.29 is 0 Å². The minimum Gasteiger partial charge on any atom is -0.339 e. The minimum absolute atomic E-state index is 0.119. The van der Waals surface area contributed by atoms with E-state index in [-0.39, 0.29) is 5.56 Å². The number of hydrogen-bond donors (Lipinski definition) is 1. The standard InChI is InChI=1S/C14H18N6OS/c1-4-7-20-10-11(17-14(22-3)18(2)12(10)21)16-13(20)19-8-5-15-6-9-19/h15H,5-6,8-9H2,1-3H3. The van der Waals surface area contributed by atoms with Crippen molar-refractivity contribution in [1.82, 2.24) is 24.4 Å². The molecule has 1 aliphatic rings. The Labute approximate surface area is 132 Å². The molecule has 0 radical (unpaired) electrons. The fraction of sp³-hybridized carbons (Fsp3) is 0.500. The molecule has 2 aromatic rings. The summed E-state index contributed by atoms with van der Waals surface area (Å²) in [7, 11) is 1.72. The van der Waals surface area contributed by atoms with Crippen molar-refractivity contribution >= 4 is 28.9 Å². The Morgan fingerprint density at radius 3 is 2.64 bits per heavy atom. The van der Waals surface area contributed by atoms with Gasteiger partial charge in [0.2, 0.25) is 5.95 Å². The molecule has 0 unspecified atom stereocenters. The number of imidazole rings is 1. The van der Waals surface area contributed by atoms with Gasteiger partial charge in [0.05, 0.1) is 0 Å². The van der Waals surface area contributed by atoms with Crippen LogP contribution in [0.15, 0.2) is 9.95 Å². The van der Waals surface area contributed by atoms with Gasteiger partial charge in [-0.15, -0.1) is 0 Å². The van der Waals surface area contributed by atoms with E-state index in [0.29, 0.717) is 22.3 Å². The minimum atomic E-state index is -0.119. The highest BCUT2D eigenvalue weighted by atomic mass is 32.2. The molecule has 1 aliphatic heterocycles. The van der Waals surface area contributed by atoms with Crippen LogP contribution in [0.2, 0.25) is 0 Å². The summed E-state index contributed by atoms with van der Waals surface area (Å²) in [6.07, 6.45) is 1.90. The predicted octanol–water partition coefficient (Wildman–Crippen LogP) is 0.0904. The molecule has 0 atom stereocenters. The highest BCUT2D eigenvalue weighted by molar-refractivity contribution is 7.98. The van der Waals surface area contributed by atoms with E-state index in [0.717, 1.165) is 26.2 Å². The summed E-state index contributed by atoms with van der Waals surface area (Å²) in [6, 6.07) is 2.98. The van der Waals surface area contributed by atoms with Crippen LogP contribution in [0, 0.1) is 12.0 Å². The van der Waals surface area contributed by atoms with Crippen molar-refractivity contribution in [2.45, 2.75) is 12.1 Å². The molecule has 116 valence electrons. The van der Waals surface area contributed by atoms with Crippen LogP contribution in [-0.2, 0) is 7.05 Å². The van der Waals surface area contributed by atoms with Crippen molar-refractivity contribution in [3.05, 3.63) is 10.4 Å². The zero-order chi connectivity index (χ0) is 15.7. The van der Waals surface area contributed by atoms with Gasteiger partial charge >= 0.3 is 0 Å². The Hall–Kier alpha value is -1.98. The smallest absolute Gasteiger partial charge is 0.281 e. The van der Waals surface area contributed by atoms with E-state index in [2.05, 4.69) is 32.1 Å². The molecular formula is C14H18N6OS. The molecule has 1 fully saturated rings. The van der Waals surface area contributed by atoms with E-state index in [9.17, 15) is 4.79 Å². The molecular weight excluding hydrogens is 300 g/mol. The molecule has 3 rings (SSSR count). The maximum Gasteiger partial charge on any atom is 0.281 e. The molecule has 0 spiro atoms. The van der Waals surface area contributed by atoms with Crippen LogP contribution in [0.3, 0.4) is 0 Å². The first-order valence-electron chi connectivity index (χ1n) is 7.09. The second-order valence-electron chi connectivity index (χ2n) is 4.98. The number of thioether (sulfide) groups is 1. The van der Waals surface area contributed by atoms with Gasteiger partial charge < -0.3 is 10.2 Å². The molecule has 3 heterocycles. The number of anilines is 1. The van der Waals surface area contributed by atoms with Crippen molar-refractivity contribution in [2.75, 3.05) is 37.3 Å². The number of piperazine rings is 1. The third-order valence-corrected chi connectivity index (χ3v) is 4.37. The van der Waals surface area contributed by atoms with Crippen molar-refractivity contribution in [3.8, 4) is 12.0 Å². The van der Waals surface area contributed by atoms with Gasteiger partial charge in [-0.2, -0.15) is 4.98 Å². The normalized spacial score (nSPS) is 15.0. The summed E-state index contributed by atoms with van der Waals surface area (Å²) in [5.74, 6) is 3.57. The largest absolute Gasteiger partial charge is 0.339 e. The molecule has 0 amide bonds. The molecule has 8 heteroatoms. The van der Waals surface area contributed by atoms with Gasteiger partial charge in [-0.25, -0.2) is 9.55 Å². The third-order valence-electron chi connectivity index (χ3n) is 3.64. The van der Waals surface area contributed by atoms with Crippen LogP contribution in [0.1, 0.15) is 6.92 Å². The highest BCUT2D eigenvalue weighted by Gasteiger charge is 2.22. The lowest BCUT2D eigenvalue weighted by atomic mass is 10.4. The molecule has 2 aromatic heterocycles. The quantitative estimate of drug-likeness (QED) is 0.481. The lowest BCUT2D eigenvalue weighted by Crippen LogP contribution is -2.44. The Morgan fingerprint density at radius 1 is 1.27 bits per heavy atom. The van der Waals surface area contributed by atoms with E-state index in [1.54, 1.807) is 23.1 Å². The van der Waals surface area contributed by atoms with Gasteiger partial charge in [0, 0.05) is 39.3 Å². The van der Waals surface area contributed by atoms with Crippen LogP contribution >= 0.6 is 11.8 Å². The Kier molecular flexibility index (Phi) is 4.09. The molecule has 22 heavy (non-hydrogen) atoms. The zero-order valence-corrected chi connectivity index (χ0v) is 13.7. The summed E-state index contributed by atoms with van der Waals surface area (Å²) >= 11 is 1.43.